The molecule has 68 valence electrons. The number of nitrogens with one attached hydrogen (secondary N) is 1. The van der Waals surface area contributed by atoms with Crippen LogP contribution >= 0.6 is 0 Å². The van der Waals surface area contributed by atoms with Crippen molar-refractivity contribution in [1.29, 1.82) is 0 Å². The number of hydrogen-bond acceptors (Lipinski definition) is 2. The summed E-state index contributed by atoms with van der Waals surface area (Å²) in [5.74, 6) is 1.47. The van der Waals surface area contributed by atoms with Gasteiger partial charge in [-0.05, 0) is 38.4 Å². The second-order valence-corrected chi connectivity index (χ2v) is 3.27. The van der Waals surface area contributed by atoms with Gasteiger partial charge in [-0.15, -0.1) is 0 Å². The summed E-state index contributed by atoms with van der Waals surface area (Å²) in [6.07, 6.45) is 2.45. The largest absolute Gasteiger partial charge is 0.330 e. The molecule has 0 radical (unpaired) electrons. The van der Waals surface area contributed by atoms with E-state index in [4.69, 9.17) is 5.73 Å². The number of nitrogens with two attached hydrogens (primary N) is 1. The average Bonchev–Trinajstić information content (AvgIpc) is 2.03. The molecule has 3 N–H and O–H groups in total. The summed E-state index contributed by atoms with van der Waals surface area (Å²) in [7, 11) is 2.00. The van der Waals surface area contributed by atoms with E-state index in [9.17, 15) is 0 Å². The third kappa shape index (κ3) is 4.38. The van der Waals surface area contributed by atoms with Crippen LogP contribution < -0.4 is 11.1 Å². The fourth-order valence-electron chi connectivity index (χ4n) is 1.41. The van der Waals surface area contributed by atoms with E-state index in [2.05, 4.69) is 19.2 Å². The Kier molecular flexibility index (Phi) is 6.57. The van der Waals surface area contributed by atoms with Crippen LogP contribution in [0.4, 0.5) is 0 Å². The van der Waals surface area contributed by atoms with Crippen molar-refractivity contribution in [3.63, 3.8) is 0 Å². The second kappa shape index (κ2) is 6.62. The molecule has 2 atom stereocenters. The lowest BCUT2D eigenvalue weighted by atomic mass is 9.89. The molecular weight excluding hydrogens is 136 g/mol. The van der Waals surface area contributed by atoms with Crippen molar-refractivity contribution in [3.05, 3.63) is 0 Å². The average molecular weight is 158 g/mol. The van der Waals surface area contributed by atoms with Crippen molar-refractivity contribution in [2.45, 2.75) is 26.7 Å². The first-order chi connectivity index (χ1) is 5.26. The SMILES string of the molecule is CCC(CN)C(C)CCNC. The zero-order valence-electron chi connectivity index (χ0n) is 8.06. The maximum absolute atomic E-state index is 5.64. The van der Waals surface area contributed by atoms with E-state index in [1.54, 1.807) is 0 Å². The zero-order chi connectivity index (χ0) is 8.69. The summed E-state index contributed by atoms with van der Waals surface area (Å²) in [5.41, 5.74) is 5.64. The van der Waals surface area contributed by atoms with Crippen molar-refractivity contribution in [1.82, 2.24) is 5.32 Å². The first kappa shape index (κ1) is 10.9. The Bertz CT molecular complexity index is 79.6. The summed E-state index contributed by atoms with van der Waals surface area (Å²) in [5, 5.41) is 3.16. The number of rotatable bonds is 6. The van der Waals surface area contributed by atoms with Crippen LogP contribution in [0, 0.1) is 11.8 Å². The Morgan fingerprint density at radius 2 is 2.09 bits per heavy atom. The van der Waals surface area contributed by atoms with Crippen molar-refractivity contribution in [3.8, 4) is 0 Å². The van der Waals surface area contributed by atoms with Gasteiger partial charge in [0, 0.05) is 0 Å². The van der Waals surface area contributed by atoms with Gasteiger partial charge >= 0.3 is 0 Å². The Labute approximate surface area is 70.5 Å². The molecule has 0 fully saturated rings. The molecule has 0 saturated carbocycles. The fourth-order valence-corrected chi connectivity index (χ4v) is 1.41. The molecule has 11 heavy (non-hydrogen) atoms. The Morgan fingerprint density at radius 3 is 2.45 bits per heavy atom. The molecule has 2 unspecified atom stereocenters. The van der Waals surface area contributed by atoms with Crippen molar-refractivity contribution >= 4 is 0 Å². The summed E-state index contributed by atoms with van der Waals surface area (Å²) >= 11 is 0. The minimum atomic E-state index is 0.711. The summed E-state index contributed by atoms with van der Waals surface area (Å²) in [6, 6.07) is 0. The van der Waals surface area contributed by atoms with Gasteiger partial charge < -0.3 is 11.1 Å². The highest BCUT2D eigenvalue weighted by molar-refractivity contribution is 4.66. The predicted octanol–water partition coefficient (Wildman–Crippen LogP) is 1.22. The molecule has 2 heteroatoms. The Hall–Kier alpha value is -0.0800. The first-order valence-corrected chi connectivity index (χ1v) is 4.60. The van der Waals surface area contributed by atoms with Crippen LogP contribution in [0.5, 0.6) is 0 Å². The minimum absolute atomic E-state index is 0.711. The van der Waals surface area contributed by atoms with Crippen LogP contribution in [0.25, 0.3) is 0 Å². The first-order valence-electron chi connectivity index (χ1n) is 4.60. The maximum Gasteiger partial charge on any atom is -0.00464 e. The highest BCUT2D eigenvalue weighted by Gasteiger charge is 2.12. The van der Waals surface area contributed by atoms with E-state index in [-0.39, 0.29) is 0 Å². The van der Waals surface area contributed by atoms with Gasteiger partial charge in [0.05, 0.1) is 0 Å². The maximum atomic E-state index is 5.64. The van der Waals surface area contributed by atoms with E-state index >= 15 is 0 Å². The predicted molar refractivity (Wildman–Crippen MR) is 50.5 cm³/mol. The lowest BCUT2D eigenvalue weighted by molar-refractivity contribution is 0.334. The topological polar surface area (TPSA) is 38.0 Å². The molecule has 0 heterocycles. The van der Waals surface area contributed by atoms with E-state index < -0.39 is 0 Å². The van der Waals surface area contributed by atoms with Crippen LogP contribution in [-0.4, -0.2) is 20.1 Å². The van der Waals surface area contributed by atoms with Gasteiger partial charge in [-0.2, -0.15) is 0 Å². The van der Waals surface area contributed by atoms with Crippen molar-refractivity contribution < 1.29 is 0 Å². The standard InChI is InChI=1S/C9H22N2/c1-4-9(7-10)8(2)5-6-11-3/h8-9,11H,4-7,10H2,1-3H3. The van der Waals surface area contributed by atoms with Crippen molar-refractivity contribution in [2.24, 2.45) is 17.6 Å². The van der Waals surface area contributed by atoms with Crippen molar-refractivity contribution in [2.75, 3.05) is 20.1 Å². The van der Waals surface area contributed by atoms with Gasteiger partial charge in [-0.25, -0.2) is 0 Å². The molecular formula is C9H22N2. The van der Waals surface area contributed by atoms with E-state index in [1.165, 1.54) is 12.8 Å². The molecule has 0 aromatic rings. The van der Waals surface area contributed by atoms with E-state index in [0.717, 1.165) is 19.0 Å². The Morgan fingerprint density at radius 1 is 1.45 bits per heavy atom. The molecule has 0 saturated heterocycles. The molecule has 0 aliphatic carbocycles. The zero-order valence-corrected chi connectivity index (χ0v) is 8.06. The van der Waals surface area contributed by atoms with E-state index in [1.807, 2.05) is 7.05 Å². The van der Waals surface area contributed by atoms with Gasteiger partial charge in [0.25, 0.3) is 0 Å². The normalized spacial score (nSPS) is 16.4. The van der Waals surface area contributed by atoms with Gasteiger partial charge in [-0.1, -0.05) is 20.3 Å². The smallest absolute Gasteiger partial charge is 0.00464 e. The van der Waals surface area contributed by atoms with Crippen LogP contribution in [0.3, 0.4) is 0 Å². The summed E-state index contributed by atoms with van der Waals surface area (Å²) in [6.45, 7) is 6.45. The third-order valence-electron chi connectivity index (χ3n) is 2.48. The summed E-state index contributed by atoms with van der Waals surface area (Å²) in [4.78, 5) is 0. The molecule has 0 amide bonds. The highest BCUT2D eigenvalue weighted by Crippen LogP contribution is 2.16. The molecule has 0 bridgehead atoms. The minimum Gasteiger partial charge on any atom is -0.330 e. The molecule has 0 aliphatic heterocycles. The molecule has 0 spiro atoms. The molecule has 0 rings (SSSR count). The summed E-state index contributed by atoms with van der Waals surface area (Å²) < 4.78 is 0. The van der Waals surface area contributed by atoms with Crippen LogP contribution in [0.2, 0.25) is 0 Å². The fraction of sp³-hybridized carbons (Fsp3) is 1.00. The third-order valence-corrected chi connectivity index (χ3v) is 2.48. The van der Waals surface area contributed by atoms with Gasteiger partial charge in [0.15, 0.2) is 0 Å². The lowest BCUT2D eigenvalue weighted by Crippen LogP contribution is -2.23. The van der Waals surface area contributed by atoms with Gasteiger partial charge in [-0.3, -0.25) is 0 Å². The van der Waals surface area contributed by atoms with Crippen LogP contribution in [-0.2, 0) is 0 Å². The Balaban J connectivity index is 3.51. The molecule has 0 aromatic heterocycles. The van der Waals surface area contributed by atoms with Crippen LogP contribution in [0.15, 0.2) is 0 Å². The van der Waals surface area contributed by atoms with E-state index in [0.29, 0.717) is 5.92 Å². The number of hydrogen-bond donors (Lipinski definition) is 2. The molecule has 0 aromatic carbocycles. The highest BCUT2D eigenvalue weighted by atomic mass is 14.8. The second-order valence-electron chi connectivity index (χ2n) is 3.27. The molecule has 2 nitrogen and oxygen atoms in total. The van der Waals surface area contributed by atoms with Gasteiger partial charge in [0.1, 0.15) is 0 Å². The molecule has 0 aliphatic rings. The lowest BCUT2D eigenvalue weighted by Gasteiger charge is -2.20. The monoisotopic (exact) mass is 158 g/mol. The van der Waals surface area contributed by atoms with Gasteiger partial charge in [0.2, 0.25) is 0 Å². The quantitative estimate of drug-likeness (QED) is 0.610. The van der Waals surface area contributed by atoms with Crippen LogP contribution in [0.1, 0.15) is 26.7 Å².